The van der Waals surface area contributed by atoms with Crippen molar-refractivity contribution >= 4 is 27.6 Å². The number of benzene rings is 1. The molecule has 2 rings (SSSR count). The molecule has 0 saturated heterocycles. The molecule has 0 aliphatic heterocycles. The zero-order chi connectivity index (χ0) is 13.0. The molecule has 0 spiro atoms. The van der Waals surface area contributed by atoms with Gasteiger partial charge in [-0.05, 0) is 34.0 Å². The Hall–Kier alpha value is -1.66. The molecule has 5 nitrogen and oxygen atoms in total. The van der Waals surface area contributed by atoms with Crippen molar-refractivity contribution in [3.8, 4) is 0 Å². The van der Waals surface area contributed by atoms with Crippen molar-refractivity contribution in [3.05, 3.63) is 46.2 Å². The fourth-order valence-electron chi connectivity index (χ4n) is 1.58. The van der Waals surface area contributed by atoms with E-state index in [0.29, 0.717) is 18.2 Å². The number of rotatable bonds is 4. The topological polar surface area (TPSA) is 75.9 Å². The van der Waals surface area contributed by atoms with E-state index in [4.69, 9.17) is 5.84 Å². The predicted molar refractivity (Wildman–Crippen MR) is 76.0 cm³/mol. The summed E-state index contributed by atoms with van der Waals surface area (Å²) < 4.78 is 0.723. The van der Waals surface area contributed by atoms with Crippen LogP contribution in [0.4, 0.5) is 11.6 Å². The fourth-order valence-corrected chi connectivity index (χ4v) is 2.04. The maximum atomic E-state index is 5.35. The molecular formula is C12H14BrN5. The lowest BCUT2D eigenvalue weighted by Crippen LogP contribution is -2.11. The highest BCUT2D eigenvalue weighted by Crippen LogP contribution is 2.26. The molecular weight excluding hydrogens is 294 g/mol. The van der Waals surface area contributed by atoms with E-state index in [2.05, 4.69) is 55.7 Å². The van der Waals surface area contributed by atoms with E-state index in [1.54, 1.807) is 0 Å². The molecule has 94 valence electrons. The minimum Gasteiger partial charge on any atom is -0.365 e. The summed E-state index contributed by atoms with van der Waals surface area (Å²) in [5.74, 6) is 6.62. The highest BCUT2D eigenvalue weighted by atomic mass is 79.9. The summed E-state index contributed by atoms with van der Waals surface area (Å²) in [4.78, 5) is 8.16. The third-order valence-corrected chi connectivity index (χ3v) is 3.38. The summed E-state index contributed by atoms with van der Waals surface area (Å²) in [5.41, 5.74) is 4.98. The molecule has 0 bridgehead atoms. The number of anilines is 2. The van der Waals surface area contributed by atoms with Crippen LogP contribution in [0, 0.1) is 6.92 Å². The Bertz CT molecular complexity index is 544. The third-order valence-electron chi connectivity index (χ3n) is 2.63. The van der Waals surface area contributed by atoms with Gasteiger partial charge in [-0.3, -0.25) is 0 Å². The Morgan fingerprint density at radius 2 is 1.94 bits per heavy atom. The monoisotopic (exact) mass is 307 g/mol. The molecule has 0 atom stereocenters. The summed E-state index contributed by atoms with van der Waals surface area (Å²) in [6.45, 7) is 2.78. The van der Waals surface area contributed by atoms with Gasteiger partial charge in [0.1, 0.15) is 16.6 Å². The summed E-state index contributed by atoms with van der Waals surface area (Å²) in [6.07, 6.45) is 1.46. The van der Waals surface area contributed by atoms with Crippen molar-refractivity contribution in [1.29, 1.82) is 0 Å². The van der Waals surface area contributed by atoms with E-state index in [9.17, 15) is 0 Å². The average molecular weight is 308 g/mol. The number of hydrogen-bond donors (Lipinski definition) is 3. The molecule has 0 amide bonds. The number of aromatic nitrogens is 2. The lowest BCUT2D eigenvalue weighted by molar-refractivity contribution is 1.05. The number of hydrogen-bond acceptors (Lipinski definition) is 5. The summed E-state index contributed by atoms with van der Waals surface area (Å²) in [5, 5.41) is 3.25. The van der Waals surface area contributed by atoms with Gasteiger partial charge in [-0.25, -0.2) is 15.8 Å². The standard InChI is InChI=1S/C12H14BrN5/c1-8-4-2-3-5-9(8)6-15-11-10(13)12(18-14)17-7-16-11/h2-5,7H,6,14H2,1H3,(H2,15,16,17,18). The van der Waals surface area contributed by atoms with Crippen molar-refractivity contribution < 1.29 is 0 Å². The zero-order valence-corrected chi connectivity index (χ0v) is 11.5. The van der Waals surface area contributed by atoms with Gasteiger partial charge >= 0.3 is 0 Å². The Morgan fingerprint density at radius 1 is 1.22 bits per heavy atom. The van der Waals surface area contributed by atoms with Crippen LogP contribution in [0.3, 0.4) is 0 Å². The van der Waals surface area contributed by atoms with Crippen LogP contribution in [-0.4, -0.2) is 9.97 Å². The van der Waals surface area contributed by atoms with Crippen molar-refractivity contribution in [2.75, 3.05) is 10.7 Å². The number of hydrazine groups is 1. The Balaban J connectivity index is 2.14. The number of nitrogens with zero attached hydrogens (tertiary/aromatic N) is 2. The molecule has 0 saturated carbocycles. The Labute approximate surface area is 114 Å². The van der Waals surface area contributed by atoms with Crippen molar-refractivity contribution in [1.82, 2.24) is 9.97 Å². The molecule has 0 aliphatic rings. The zero-order valence-electron chi connectivity index (χ0n) is 9.94. The predicted octanol–water partition coefficient (Wildman–Crippen LogP) is 2.45. The van der Waals surface area contributed by atoms with Gasteiger partial charge in [-0.1, -0.05) is 24.3 Å². The van der Waals surface area contributed by atoms with Gasteiger partial charge in [0.2, 0.25) is 0 Å². The molecule has 0 unspecified atom stereocenters. The molecule has 4 N–H and O–H groups in total. The van der Waals surface area contributed by atoms with E-state index < -0.39 is 0 Å². The second-order valence-corrected chi connectivity index (χ2v) is 4.60. The highest BCUT2D eigenvalue weighted by molar-refractivity contribution is 9.10. The second kappa shape index (κ2) is 5.79. The molecule has 2 aromatic rings. The van der Waals surface area contributed by atoms with E-state index in [-0.39, 0.29) is 0 Å². The van der Waals surface area contributed by atoms with Crippen LogP contribution in [-0.2, 0) is 6.54 Å². The van der Waals surface area contributed by atoms with Crippen molar-refractivity contribution in [3.63, 3.8) is 0 Å². The smallest absolute Gasteiger partial charge is 0.159 e. The molecule has 1 aromatic heterocycles. The van der Waals surface area contributed by atoms with Gasteiger partial charge < -0.3 is 10.7 Å². The Morgan fingerprint density at radius 3 is 2.67 bits per heavy atom. The maximum absolute atomic E-state index is 5.35. The van der Waals surface area contributed by atoms with Crippen molar-refractivity contribution in [2.45, 2.75) is 13.5 Å². The summed E-state index contributed by atoms with van der Waals surface area (Å²) in [7, 11) is 0. The van der Waals surface area contributed by atoms with Crippen molar-refractivity contribution in [2.24, 2.45) is 5.84 Å². The Kier molecular flexibility index (Phi) is 4.11. The highest BCUT2D eigenvalue weighted by Gasteiger charge is 2.07. The van der Waals surface area contributed by atoms with Crippen LogP contribution < -0.4 is 16.6 Å². The average Bonchev–Trinajstić information content (AvgIpc) is 2.39. The van der Waals surface area contributed by atoms with Gasteiger partial charge in [0.15, 0.2) is 5.82 Å². The van der Waals surface area contributed by atoms with Gasteiger partial charge in [-0.15, -0.1) is 0 Å². The summed E-state index contributed by atoms with van der Waals surface area (Å²) >= 11 is 3.40. The molecule has 1 aromatic carbocycles. The lowest BCUT2D eigenvalue weighted by Gasteiger charge is -2.11. The maximum Gasteiger partial charge on any atom is 0.159 e. The van der Waals surface area contributed by atoms with Gasteiger partial charge in [0.05, 0.1) is 0 Å². The van der Waals surface area contributed by atoms with E-state index >= 15 is 0 Å². The van der Waals surface area contributed by atoms with Crippen LogP contribution in [0.15, 0.2) is 35.1 Å². The quantitative estimate of drug-likeness (QED) is 0.597. The minimum absolute atomic E-state index is 0.553. The van der Waals surface area contributed by atoms with Crippen LogP contribution in [0.1, 0.15) is 11.1 Å². The van der Waals surface area contributed by atoms with Gasteiger partial charge in [-0.2, -0.15) is 0 Å². The number of nitrogens with two attached hydrogens (primary N) is 1. The number of halogens is 1. The molecule has 0 aliphatic carbocycles. The van der Waals surface area contributed by atoms with Crippen LogP contribution in [0.25, 0.3) is 0 Å². The number of aryl methyl sites for hydroxylation is 1. The molecule has 6 heteroatoms. The van der Waals surface area contributed by atoms with Crippen LogP contribution in [0.5, 0.6) is 0 Å². The normalized spacial score (nSPS) is 10.2. The first kappa shape index (κ1) is 12.8. The lowest BCUT2D eigenvalue weighted by atomic mass is 10.1. The van der Waals surface area contributed by atoms with Crippen LogP contribution >= 0.6 is 15.9 Å². The molecule has 0 radical (unpaired) electrons. The largest absolute Gasteiger partial charge is 0.365 e. The first-order valence-corrected chi connectivity index (χ1v) is 6.27. The van der Waals surface area contributed by atoms with Gasteiger partial charge in [0.25, 0.3) is 0 Å². The first-order chi connectivity index (χ1) is 8.72. The second-order valence-electron chi connectivity index (χ2n) is 3.81. The molecule has 0 fully saturated rings. The van der Waals surface area contributed by atoms with Gasteiger partial charge in [0, 0.05) is 6.54 Å². The molecule has 1 heterocycles. The van der Waals surface area contributed by atoms with E-state index in [1.165, 1.54) is 17.5 Å². The number of nitrogen functional groups attached to an aromatic ring is 1. The minimum atomic E-state index is 0.553. The van der Waals surface area contributed by atoms with E-state index in [1.807, 2.05) is 12.1 Å². The number of nitrogens with one attached hydrogen (secondary N) is 2. The summed E-state index contributed by atoms with van der Waals surface area (Å²) in [6, 6.07) is 8.21. The SMILES string of the molecule is Cc1ccccc1CNc1ncnc(NN)c1Br. The fraction of sp³-hybridized carbons (Fsp3) is 0.167. The molecule has 18 heavy (non-hydrogen) atoms. The van der Waals surface area contributed by atoms with E-state index in [0.717, 1.165) is 4.47 Å². The van der Waals surface area contributed by atoms with Crippen LogP contribution in [0.2, 0.25) is 0 Å². The first-order valence-electron chi connectivity index (χ1n) is 5.48. The third kappa shape index (κ3) is 2.77.